The first-order valence-corrected chi connectivity index (χ1v) is 13.4. The van der Waals surface area contributed by atoms with Crippen LogP contribution < -0.4 is 0 Å². The average molecular weight is 484 g/mol. The highest BCUT2D eigenvalue weighted by molar-refractivity contribution is 7.85. The van der Waals surface area contributed by atoms with Crippen LogP contribution in [0.25, 0.3) is 0 Å². The molecule has 6 atom stereocenters. The molecule has 0 N–H and O–H groups in total. The van der Waals surface area contributed by atoms with Gasteiger partial charge in [-0.25, -0.2) is 8.42 Å². The molecule has 6 unspecified atom stereocenters. The van der Waals surface area contributed by atoms with E-state index < -0.39 is 69.5 Å². The zero-order chi connectivity index (χ0) is 23.1. The van der Waals surface area contributed by atoms with Gasteiger partial charge in [0.05, 0.1) is 22.1 Å². The number of rotatable bonds is 7. The summed E-state index contributed by atoms with van der Waals surface area (Å²) < 4.78 is 54.7. The third-order valence-electron chi connectivity index (χ3n) is 8.67. The summed E-state index contributed by atoms with van der Waals surface area (Å²) in [6, 6.07) is 0. The number of ether oxygens (including phenoxy) is 4. The van der Waals surface area contributed by atoms with E-state index >= 15 is 0 Å². The van der Waals surface area contributed by atoms with E-state index in [0.29, 0.717) is 17.8 Å². The van der Waals surface area contributed by atoms with Crippen molar-refractivity contribution in [3.05, 3.63) is 0 Å². The van der Waals surface area contributed by atoms with Crippen molar-refractivity contribution in [2.75, 3.05) is 12.4 Å². The molecular weight excluding hydrogens is 456 g/mol. The summed E-state index contributed by atoms with van der Waals surface area (Å²) in [5.74, 6) is -2.35. The Morgan fingerprint density at radius 3 is 2.27 bits per heavy atom. The summed E-state index contributed by atoms with van der Waals surface area (Å²) in [5.41, 5.74) is -0.488. The van der Waals surface area contributed by atoms with Gasteiger partial charge in [-0.05, 0) is 62.7 Å². The summed E-state index contributed by atoms with van der Waals surface area (Å²) >= 11 is 0. The highest BCUT2D eigenvalue weighted by Gasteiger charge is 2.72. The van der Waals surface area contributed by atoms with Crippen LogP contribution in [0.2, 0.25) is 0 Å². The van der Waals surface area contributed by atoms with E-state index in [4.69, 9.17) is 18.9 Å². The van der Waals surface area contributed by atoms with Crippen molar-refractivity contribution >= 4 is 28.0 Å². The van der Waals surface area contributed by atoms with Gasteiger partial charge in [-0.15, -0.1) is 0 Å². The van der Waals surface area contributed by atoms with Crippen molar-refractivity contribution in [3.63, 3.8) is 0 Å². The Hall–Kier alpha value is -1.72. The van der Waals surface area contributed by atoms with Crippen LogP contribution in [-0.2, 0) is 43.4 Å². The van der Waals surface area contributed by atoms with Crippen LogP contribution in [0.5, 0.6) is 0 Å². The molecule has 7 rings (SSSR count). The maximum Gasteiger partial charge on any atom is 0.313 e. The van der Waals surface area contributed by atoms with Gasteiger partial charge in [0.25, 0.3) is 0 Å². The summed E-state index contributed by atoms with van der Waals surface area (Å²) in [6.45, 7) is -0.267. The maximum atomic E-state index is 13.4. The molecule has 0 amide bonds. The lowest BCUT2D eigenvalue weighted by Gasteiger charge is -2.55. The maximum absolute atomic E-state index is 13.4. The van der Waals surface area contributed by atoms with Gasteiger partial charge < -0.3 is 23.5 Å². The Kier molecular flexibility index (Phi) is 4.88. The minimum Gasteiger partial charge on any atom is -0.748 e. The molecule has 10 nitrogen and oxygen atoms in total. The lowest BCUT2D eigenvalue weighted by atomic mass is 9.49. The molecular formula is C22H27O10S-. The van der Waals surface area contributed by atoms with Gasteiger partial charge in [-0.3, -0.25) is 14.4 Å². The molecule has 4 saturated carbocycles. The van der Waals surface area contributed by atoms with E-state index in [9.17, 15) is 27.4 Å². The molecule has 0 radical (unpaired) electrons. The highest BCUT2D eigenvalue weighted by Crippen LogP contribution is 2.61. The van der Waals surface area contributed by atoms with Crippen LogP contribution in [0, 0.1) is 35.0 Å². The largest absolute Gasteiger partial charge is 0.748 e. The van der Waals surface area contributed by atoms with Crippen molar-refractivity contribution in [2.45, 2.75) is 69.4 Å². The number of fused-ring (bicyclic) bond motifs is 1. The standard InChI is InChI=1S/C22H28O10S/c23-19(29-2-1-3-33(26,27)28)13-14-16-17(31-20(14)24)18(15(13)30-16)32-21(25)22-7-10-4-11(8-22)6-12(5-10)9-22/h10-18H,1-9H2,(H,26,27,28)/p-1. The molecule has 11 heteroatoms. The van der Waals surface area contributed by atoms with Crippen LogP contribution in [0.3, 0.4) is 0 Å². The van der Waals surface area contributed by atoms with Gasteiger partial charge in [-0.2, -0.15) is 0 Å². The van der Waals surface area contributed by atoms with E-state index in [-0.39, 0.29) is 19.0 Å². The van der Waals surface area contributed by atoms with Crippen LogP contribution >= 0.6 is 0 Å². The monoisotopic (exact) mass is 483 g/mol. The average Bonchev–Trinajstić information content (AvgIpc) is 3.33. The summed E-state index contributed by atoms with van der Waals surface area (Å²) in [6.07, 6.45) is 2.83. The minimum atomic E-state index is -4.41. The van der Waals surface area contributed by atoms with Gasteiger partial charge in [0.1, 0.15) is 24.0 Å². The SMILES string of the molecule is O=C1OC2C(OC(=O)C34CC5CC(CC(C5)C3)C4)C3OC2C1C3C(=O)OCCCS(=O)(=O)[O-]. The van der Waals surface area contributed by atoms with Gasteiger partial charge in [0.2, 0.25) is 0 Å². The number of carbonyl (C=O) groups is 3. The van der Waals surface area contributed by atoms with Gasteiger partial charge in [0.15, 0.2) is 12.2 Å². The van der Waals surface area contributed by atoms with E-state index in [1.165, 1.54) is 19.3 Å². The lowest BCUT2D eigenvalue weighted by Crippen LogP contribution is -2.54. The molecule has 33 heavy (non-hydrogen) atoms. The number of carbonyl (C=O) groups excluding carboxylic acids is 3. The number of hydrogen-bond acceptors (Lipinski definition) is 10. The Balaban J connectivity index is 1.15. The molecule has 3 heterocycles. The first kappa shape index (κ1) is 21.8. The Morgan fingerprint density at radius 2 is 1.67 bits per heavy atom. The van der Waals surface area contributed by atoms with E-state index in [2.05, 4.69) is 0 Å². The fraction of sp³-hybridized carbons (Fsp3) is 0.864. The molecule has 0 spiro atoms. The molecule has 3 aliphatic heterocycles. The van der Waals surface area contributed by atoms with E-state index in [0.717, 1.165) is 19.3 Å². The van der Waals surface area contributed by atoms with Gasteiger partial charge in [0, 0.05) is 5.75 Å². The first-order chi connectivity index (χ1) is 15.6. The number of hydrogen-bond donors (Lipinski definition) is 0. The topological polar surface area (TPSA) is 145 Å². The van der Waals surface area contributed by atoms with Crippen LogP contribution in [-0.4, -0.2) is 67.7 Å². The van der Waals surface area contributed by atoms with Crippen molar-refractivity contribution in [1.29, 1.82) is 0 Å². The normalized spacial score (nSPS) is 46.5. The fourth-order valence-corrected chi connectivity index (χ4v) is 8.32. The van der Waals surface area contributed by atoms with Crippen molar-refractivity contribution in [1.82, 2.24) is 0 Å². The molecule has 3 saturated heterocycles. The molecule has 0 aromatic carbocycles. The van der Waals surface area contributed by atoms with Crippen molar-refractivity contribution in [2.24, 2.45) is 35.0 Å². The van der Waals surface area contributed by atoms with Gasteiger partial charge in [-0.1, -0.05) is 0 Å². The highest BCUT2D eigenvalue weighted by atomic mass is 32.2. The van der Waals surface area contributed by atoms with Crippen LogP contribution in [0.4, 0.5) is 0 Å². The zero-order valence-corrected chi connectivity index (χ0v) is 18.9. The predicted molar refractivity (Wildman–Crippen MR) is 106 cm³/mol. The second-order valence-corrected chi connectivity index (χ2v) is 12.4. The molecule has 4 aliphatic carbocycles. The third-order valence-corrected chi connectivity index (χ3v) is 9.46. The Labute approximate surface area is 191 Å². The summed E-state index contributed by atoms with van der Waals surface area (Å²) in [4.78, 5) is 38.7. The predicted octanol–water partition coefficient (Wildman–Crippen LogP) is 0.532. The fourth-order valence-electron chi connectivity index (χ4n) is 7.85. The van der Waals surface area contributed by atoms with Crippen molar-refractivity contribution in [3.8, 4) is 0 Å². The molecule has 0 aromatic rings. The van der Waals surface area contributed by atoms with E-state index in [1.807, 2.05) is 0 Å². The van der Waals surface area contributed by atoms with E-state index in [1.54, 1.807) is 0 Å². The van der Waals surface area contributed by atoms with Crippen LogP contribution in [0.15, 0.2) is 0 Å². The second-order valence-electron chi connectivity index (χ2n) is 10.9. The third kappa shape index (κ3) is 3.49. The molecule has 0 aromatic heterocycles. The Morgan fingerprint density at radius 1 is 1.03 bits per heavy atom. The van der Waals surface area contributed by atoms with Crippen molar-refractivity contribution < 1.29 is 46.3 Å². The van der Waals surface area contributed by atoms with Gasteiger partial charge >= 0.3 is 17.9 Å². The summed E-state index contributed by atoms with van der Waals surface area (Å²) in [5, 5.41) is 0. The smallest absolute Gasteiger partial charge is 0.313 e. The zero-order valence-electron chi connectivity index (χ0n) is 18.1. The Bertz CT molecular complexity index is 954. The summed E-state index contributed by atoms with van der Waals surface area (Å²) in [7, 11) is -4.41. The first-order valence-electron chi connectivity index (χ1n) is 11.8. The molecule has 7 aliphatic rings. The number of esters is 3. The van der Waals surface area contributed by atoms with Crippen LogP contribution in [0.1, 0.15) is 44.9 Å². The molecule has 7 fully saturated rings. The minimum absolute atomic E-state index is 0.137. The molecule has 6 bridgehead atoms. The quantitative estimate of drug-likeness (QED) is 0.217. The molecule has 182 valence electrons. The second kappa shape index (κ2) is 7.39. The lowest BCUT2D eigenvalue weighted by molar-refractivity contribution is -0.186.